The van der Waals surface area contributed by atoms with Crippen LogP contribution in [0.5, 0.6) is 0 Å². The lowest BCUT2D eigenvalue weighted by Gasteiger charge is -2.32. The number of nitrogens with zero attached hydrogens (tertiary/aromatic N) is 2. The molecule has 0 aliphatic carbocycles. The van der Waals surface area contributed by atoms with Crippen LogP contribution in [0.4, 0.5) is 0 Å². The van der Waals surface area contributed by atoms with Gasteiger partial charge in [-0.2, -0.15) is 0 Å². The van der Waals surface area contributed by atoms with Crippen molar-refractivity contribution in [1.29, 1.82) is 0 Å². The topological polar surface area (TPSA) is 63.1 Å². The number of carboxylic acid groups (broad SMARTS) is 1. The van der Waals surface area contributed by atoms with Crippen molar-refractivity contribution in [3.63, 3.8) is 0 Å². The Morgan fingerprint density at radius 1 is 1.26 bits per heavy atom. The second kappa shape index (κ2) is 6.05. The summed E-state index contributed by atoms with van der Waals surface area (Å²) in [5.74, 6) is 6.08. The maximum atomic E-state index is 10.7. The molecule has 0 amide bonds. The molecular formula is C18H16N2O2S. The van der Waals surface area contributed by atoms with Crippen LogP contribution in [0.15, 0.2) is 35.5 Å². The molecule has 0 fully saturated rings. The highest BCUT2D eigenvalue weighted by Gasteiger charge is 2.27. The van der Waals surface area contributed by atoms with Crippen molar-refractivity contribution in [1.82, 2.24) is 9.97 Å². The minimum atomic E-state index is -1.09. The van der Waals surface area contributed by atoms with Gasteiger partial charge in [0.1, 0.15) is 5.69 Å². The standard InChI is InChI=1S/C18H16N2O2S/c1-18(2)7-8-23-16-6-4-12(9-14(16)18)3-5-13-10-20-15(11-19-13)17(21)22/h4,6,9-11H,7-8H2,1-2H3,(H,21,22). The SMILES string of the molecule is CC1(C)CCSc2ccc(C#Cc3cnc(C(=O)O)cn3)cc21. The van der Waals surface area contributed by atoms with Crippen LogP contribution in [0.25, 0.3) is 0 Å². The summed E-state index contributed by atoms with van der Waals surface area (Å²) < 4.78 is 0. The normalized spacial score (nSPS) is 15.2. The zero-order valence-electron chi connectivity index (χ0n) is 13.0. The van der Waals surface area contributed by atoms with Crippen LogP contribution >= 0.6 is 11.8 Å². The highest BCUT2D eigenvalue weighted by molar-refractivity contribution is 7.99. The highest BCUT2D eigenvalue weighted by Crippen LogP contribution is 2.41. The van der Waals surface area contributed by atoms with Gasteiger partial charge in [0, 0.05) is 10.5 Å². The largest absolute Gasteiger partial charge is 0.476 e. The van der Waals surface area contributed by atoms with Crippen molar-refractivity contribution < 1.29 is 9.90 Å². The molecule has 0 radical (unpaired) electrons. The zero-order chi connectivity index (χ0) is 16.4. The van der Waals surface area contributed by atoms with E-state index in [0.717, 1.165) is 17.7 Å². The molecule has 1 N–H and O–H groups in total. The molecule has 1 aromatic carbocycles. The Bertz CT molecular complexity index is 817. The van der Waals surface area contributed by atoms with E-state index in [1.54, 1.807) is 0 Å². The summed E-state index contributed by atoms with van der Waals surface area (Å²) in [7, 11) is 0. The van der Waals surface area contributed by atoms with Crippen LogP contribution in [-0.2, 0) is 5.41 Å². The Kier molecular flexibility index (Phi) is 4.10. The van der Waals surface area contributed by atoms with Gasteiger partial charge in [0.2, 0.25) is 0 Å². The number of aromatic nitrogens is 2. The minimum Gasteiger partial charge on any atom is -0.476 e. The number of rotatable bonds is 1. The quantitative estimate of drug-likeness (QED) is 0.815. The van der Waals surface area contributed by atoms with E-state index in [9.17, 15) is 4.79 Å². The fourth-order valence-electron chi connectivity index (χ4n) is 2.45. The molecule has 116 valence electrons. The number of thioether (sulfide) groups is 1. The molecule has 0 bridgehead atoms. The Labute approximate surface area is 139 Å². The first-order valence-electron chi connectivity index (χ1n) is 7.30. The number of carboxylic acids is 1. The molecular weight excluding hydrogens is 308 g/mol. The fourth-order valence-corrected chi connectivity index (χ4v) is 3.94. The van der Waals surface area contributed by atoms with Crippen LogP contribution in [0.1, 0.15) is 47.6 Å². The molecule has 23 heavy (non-hydrogen) atoms. The summed E-state index contributed by atoms with van der Waals surface area (Å²) in [6.07, 6.45) is 3.76. The lowest BCUT2D eigenvalue weighted by atomic mass is 9.81. The third kappa shape index (κ3) is 3.38. The fraction of sp³-hybridized carbons (Fsp3) is 0.278. The maximum absolute atomic E-state index is 10.7. The highest BCUT2D eigenvalue weighted by atomic mass is 32.2. The van der Waals surface area contributed by atoms with Crippen molar-refractivity contribution >= 4 is 17.7 Å². The van der Waals surface area contributed by atoms with Crippen molar-refractivity contribution in [2.75, 3.05) is 5.75 Å². The van der Waals surface area contributed by atoms with Crippen molar-refractivity contribution in [2.45, 2.75) is 30.6 Å². The first-order valence-corrected chi connectivity index (χ1v) is 8.29. The van der Waals surface area contributed by atoms with E-state index < -0.39 is 5.97 Å². The van der Waals surface area contributed by atoms with Crippen molar-refractivity contribution in [3.05, 3.63) is 53.1 Å². The second-order valence-corrected chi connectivity index (χ2v) is 7.17. The van der Waals surface area contributed by atoms with Crippen LogP contribution in [0.2, 0.25) is 0 Å². The summed E-state index contributed by atoms with van der Waals surface area (Å²) in [5.41, 5.74) is 2.82. The number of aromatic carboxylic acids is 1. The third-order valence-electron chi connectivity index (χ3n) is 3.90. The molecule has 0 saturated carbocycles. The summed E-state index contributed by atoms with van der Waals surface area (Å²) in [6.45, 7) is 4.53. The van der Waals surface area contributed by atoms with Crippen molar-refractivity contribution in [2.24, 2.45) is 0 Å². The average molecular weight is 324 g/mol. The van der Waals surface area contributed by atoms with Crippen molar-refractivity contribution in [3.8, 4) is 11.8 Å². The van der Waals surface area contributed by atoms with Crippen LogP contribution in [-0.4, -0.2) is 26.8 Å². The Morgan fingerprint density at radius 2 is 2.09 bits per heavy atom. The second-order valence-electron chi connectivity index (χ2n) is 6.04. The van der Waals surface area contributed by atoms with Gasteiger partial charge in [-0.1, -0.05) is 19.8 Å². The van der Waals surface area contributed by atoms with Gasteiger partial charge in [0.05, 0.1) is 12.4 Å². The third-order valence-corrected chi connectivity index (χ3v) is 4.97. The Morgan fingerprint density at radius 3 is 2.78 bits per heavy atom. The minimum absolute atomic E-state index is 0.0805. The number of benzene rings is 1. The van der Waals surface area contributed by atoms with Gasteiger partial charge < -0.3 is 5.11 Å². The first kappa shape index (κ1) is 15.6. The summed E-state index contributed by atoms with van der Waals surface area (Å²) in [6, 6.07) is 6.29. The zero-order valence-corrected chi connectivity index (χ0v) is 13.8. The first-order chi connectivity index (χ1) is 11.0. The molecule has 1 aromatic heterocycles. The van der Waals surface area contributed by atoms with Crippen LogP contribution in [0, 0.1) is 11.8 Å². The monoisotopic (exact) mass is 324 g/mol. The summed E-state index contributed by atoms with van der Waals surface area (Å²) in [4.78, 5) is 19.9. The van der Waals surface area contributed by atoms with E-state index >= 15 is 0 Å². The number of hydrogen-bond acceptors (Lipinski definition) is 4. The van der Waals surface area contributed by atoms with E-state index in [4.69, 9.17) is 5.11 Å². The number of hydrogen-bond donors (Lipinski definition) is 1. The number of fused-ring (bicyclic) bond motifs is 1. The molecule has 2 heterocycles. The Balaban J connectivity index is 1.88. The average Bonchev–Trinajstić information content (AvgIpc) is 2.53. The van der Waals surface area contributed by atoms with E-state index in [0.29, 0.717) is 5.69 Å². The summed E-state index contributed by atoms with van der Waals surface area (Å²) >= 11 is 1.89. The molecule has 0 saturated heterocycles. The molecule has 4 nitrogen and oxygen atoms in total. The van der Waals surface area contributed by atoms with E-state index in [2.05, 4.69) is 47.8 Å². The van der Waals surface area contributed by atoms with Crippen LogP contribution in [0.3, 0.4) is 0 Å². The van der Waals surface area contributed by atoms with Gasteiger partial charge in [0.15, 0.2) is 5.69 Å². The molecule has 3 rings (SSSR count). The lowest BCUT2D eigenvalue weighted by molar-refractivity contribution is 0.0690. The van der Waals surface area contributed by atoms with E-state index in [1.807, 2.05) is 17.8 Å². The van der Waals surface area contributed by atoms with Gasteiger partial charge in [0.25, 0.3) is 0 Å². The van der Waals surface area contributed by atoms with Gasteiger partial charge in [-0.25, -0.2) is 14.8 Å². The van der Waals surface area contributed by atoms with E-state index in [-0.39, 0.29) is 11.1 Å². The molecule has 5 heteroatoms. The predicted molar refractivity (Wildman–Crippen MR) is 89.8 cm³/mol. The molecule has 1 aliphatic rings. The van der Waals surface area contributed by atoms with Gasteiger partial charge in [-0.05, 0) is 47.3 Å². The summed E-state index contributed by atoms with van der Waals surface area (Å²) in [5, 5.41) is 8.80. The van der Waals surface area contributed by atoms with Gasteiger partial charge in [-0.15, -0.1) is 11.8 Å². The molecule has 2 aromatic rings. The predicted octanol–water partition coefficient (Wildman–Crippen LogP) is 3.35. The molecule has 1 aliphatic heterocycles. The molecule has 0 atom stereocenters. The molecule has 0 unspecified atom stereocenters. The maximum Gasteiger partial charge on any atom is 0.356 e. The van der Waals surface area contributed by atoms with Gasteiger partial charge in [-0.3, -0.25) is 0 Å². The van der Waals surface area contributed by atoms with E-state index in [1.165, 1.54) is 22.9 Å². The van der Waals surface area contributed by atoms with Crippen LogP contribution < -0.4 is 0 Å². The Hall–Kier alpha value is -2.32. The lowest BCUT2D eigenvalue weighted by Crippen LogP contribution is -2.22. The molecule has 0 spiro atoms. The van der Waals surface area contributed by atoms with Gasteiger partial charge >= 0.3 is 5.97 Å². The number of carbonyl (C=O) groups is 1. The smallest absolute Gasteiger partial charge is 0.356 e.